The Balaban J connectivity index is 1.61. The Kier molecular flexibility index (Phi) is 3.34. The van der Waals surface area contributed by atoms with Crippen molar-refractivity contribution in [3.8, 4) is 0 Å². The molecule has 102 valence electrons. The minimum atomic E-state index is -0.459. The molecule has 0 amide bonds. The second-order valence-electron chi connectivity index (χ2n) is 6.90. The molecular formula is C15H23ClO2. The molecule has 4 rings (SSSR count). The van der Waals surface area contributed by atoms with E-state index in [-0.39, 0.29) is 5.97 Å². The molecule has 0 aliphatic heterocycles. The van der Waals surface area contributed by atoms with Crippen molar-refractivity contribution in [1.29, 1.82) is 0 Å². The van der Waals surface area contributed by atoms with E-state index in [2.05, 4.69) is 0 Å². The van der Waals surface area contributed by atoms with Gasteiger partial charge < -0.3 is 4.74 Å². The summed E-state index contributed by atoms with van der Waals surface area (Å²) in [6.45, 7) is 2.54. The van der Waals surface area contributed by atoms with Crippen LogP contribution < -0.4 is 0 Å². The predicted molar refractivity (Wildman–Crippen MR) is 71.5 cm³/mol. The molecule has 0 aromatic heterocycles. The number of rotatable bonds is 4. The Morgan fingerprint density at radius 2 is 1.72 bits per heavy atom. The van der Waals surface area contributed by atoms with Crippen LogP contribution in [0, 0.1) is 23.2 Å². The molecule has 0 N–H and O–H groups in total. The molecule has 0 aromatic rings. The first-order valence-corrected chi connectivity index (χ1v) is 7.84. The summed E-state index contributed by atoms with van der Waals surface area (Å²) in [5.74, 6) is 2.52. The van der Waals surface area contributed by atoms with E-state index < -0.39 is 5.38 Å². The summed E-state index contributed by atoms with van der Waals surface area (Å²) in [7, 11) is 0. The summed E-state index contributed by atoms with van der Waals surface area (Å²) >= 11 is 5.93. The van der Waals surface area contributed by atoms with Crippen LogP contribution in [0.3, 0.4) is 0 Å². The number of hydrogen-bond donors (Lipinski definition) is 0. The van der Waals surface area contributed by atoms with Crippen LogP contribution in [0.4, 0.5) is 0 Å². The smallest absolute Gasteiger partial charge is 0.324 e. The van der Waals surface area contributed by atoms with E-state index in [4.69, 9.17) is 16.3 Å². The molecule has 0 spiro atoms. The van der Waals surface area contributed by atoms with E-state index in [1.54, 1.807) is 0 Å². The van der Waals surface area contributed by atoms with Gasteiger partial charge in [-0.3, -0.25) is 4.79 Å². The van der Waals surface area contributed by atoms with E-state index in [9.17, 15) is 4.79 Å². The van der Waals surface area contributed by atoms with Gasteiger partial charge in [-0.15, -0.1) is 11.6 Å². The van der Waals surface area contributed by atoms with Crippen LogP contribution in [-0.4, -0.2) is 18.0 Å². The van der Waals surface area contributed by atoms with Crippen molar-refractivity contribution in [2.24, 2.45) is 23.2 Å². The van der Waals surface area contributed by atoms with Crippen molar-refractivity contribution in [2.75, 3.05) is 6.61 Å². The molecule has 1 atom stereocenters. The minimum Gasteiger partial charge on any atom is -0.464 e. The molecule has 3 heteroatoms. The lowest BCUT2D eigenvalue weighted by Crippen LogP contribution is -2.48. The third-order valence-corrected chi connectivity index (χ3v) is 5.79. The van der Waals surface area contributed by atoms with Crippen molar-refractivity contribution in [3.63, 3.8) is 0 Å². The topological polar surface area (TPSA) is 26.3 Å². The Morgan fingerprint density at radius 1 is 1.22 bits per heavy atom. The Hall–Kier alpha value is -0.240. The monoisotopic (exact) mass is 270 g/mol. The fourth-order valence-corrected chi connectivity index (χ4v) is 5.01. The van der Waals surface area contributed by atoms with Gasteiger partial charge in [0.1, 0.15) is 5.38 Å². The van der Waals surface area contributed by atoms with E-state index in [0.717, 1.165) is 17.8 Å². The van der Waals surface area contributed by atoms with Crippen LogP contribution in [0.1, 0.15) is 51.9 Å². The third kappa shape index (κ3) is 2.29. The zero-order valence-corrected chi connectivity index (χ0v) is 11.9. The second kappa shape index (κ2) is 4.70. The number of carbonyl (C=O) groups excluding carboxylic acids is 1. The number of hydrogen-bond acceptors (Lipinski definition) is 2. The summed E-state index contributed by atoms with van der Waals surface area (Å²) in [5.41, 5.74) is 0.314. The lowest BCUT2D eigenvalue weighted by Gasteiger charge is -2.56. The summed E-state index contributed by atoms with van der Waals surface area (Å²) in [4.78, 5) is 11.7. The maximum atomic E-state index is 11.7. The van der Waals surface area contributed by atoms with Gasteiger partial charge in [-0.1, -0.05) is 6.92 Å². The van der Waals surface area contributed by atoms with Gasteiger partial charge in [0.05, 0.1) is 6.61 Å². The molecule has 1 unspecified atom stereocenters. The average molecular weight is 271 g/mol. The van der Waals surface area contributed by atoms with Gasteiger partial charge in [-0.2, -0.15) is 0 Å². The van der Waals surface area contributed by atoms with Crippen molar-refractivity contribution in [2.45, 2.75) is 57.2 Å². The van der Waals surface area contributed by atoms with Gasteiger partial charge in [-0.25, -0.2) is 0 Å². The average Bonchev–Trinajstić information content (AvgIpc) is 2.33. The van der Waals surface area contributed by atoms with Gasteiger partial charge in [0, 0.05) is 5.41 Å². The molecule has 2 nitrogen and oxygen atoms in total. The lowest BCUT2D eigenvalue weighted by molar-refractivity contribution is -0.155. The van der Waals surface area contributed by atoms with Gasteiger partial charge in [0.15, 0.2) is 0 Å². The zero-order chi connectivity index (χ0) is 12.8. The SMILES string of the molecule is CCC(Cl)C(=O)OCC12CC3CC(CC(C3)C1)C2. The first-order chi connectivity index (χ1) is 8.60. The molecule has 0 radical (unpaired) electrons. The third-order valence-electron chi connectivity index (χ3n) is 5.30. The molecule has 4 aliphatic rings. The number of carbonyl (C=O) groups is 1. The molecule has 0 saturated heterocycles. The van der Waals surface area contributed by atoms with Crippen LogP contribution in [0.5, 0.6) is 0 Å². The summed E-state index contributed by atoms with van der Waals surface area (Å²) < 4.78 is 5.51. The highest BCUT2D eigenvalue weighted by Crippen LogP contribution is 2.60. The fourth-order valence-electron chi connectivity index (χ4n) is 4.95. The van der Waals surface area contributed by atoms with Gasteiger partial charge in [-0.05, 0) is 62.7 Å². The van der Waals surface area contributed by atoms with E-state index in [1.807, 2.05) is 6.92 Å². The Labute approximate surface area is 114 Å². The van der Waals surface area contributed by atoms with Crippen LogP contribution in [-0.2, 0) is 9.53 Å². The predicted octanol–water partition coefficient (Wildman–Crippen LogP) is 3.76. The highest BCUT2D eigenvalue weighted by Gasteiger charge is 2.51. The Bertz CT molecular complexity index is 304. The van der Waals surface area contributed by atoms with Gasteiger partial charge in [0.25, 0.3) is 0 Å². The quantitative estimate of drug-likeness (QED) is 0.574. The highest BCUT2D eigenvalue weighted by atomic mass is 35.5. The number of esters is 1. The molecule has 0 heterocycles. The maximum absolute atomic E-state index is 11.7. The number of alkyl halides is 1. The van der Waals surface area contributed by atoms with Crippen LogP contribution in [0.25, 0.3) is 0 Å². The second-order valence-corrected chi connectivity index (χ2v) is 7.43. The molecule has 0 aromatic carbocycles. The minimum absolute atomic E-state index is 0.213. The number of ether oxygens (including phenoxy) is 1. The molecule has 4 fully saturated rings. The van der Waals surface area contributed by atoms with E-state index in [1.165, 1.54) is 38.5 Å². The van der Waals surface area contributed by atoms with Crippen molar-refractivity contribution in [3.05, 3.63) is 0 Å². The van der Waals surface area contributed by atoms with Crippen LogP contribution in [0.2, 0.25) is 0 Å². The summed E-state index contributed by atoms with van der Waals surface area (Å²) in [6, 6.07) is 0. The molecule has 4 saturated carbocycles. The first-order valence-electron chi connectivity index (χ1n) is 7.41. The standard InChI is InChI=1S/C15H23ClO2/c1-2-13(16)14(17)18-9-15-6-10-3-11(7-15)5-12(4-10)8-15/h10-13H,2-9H2,1H3. The fraction of sp³-hybridized carbons (Fsp3) is 0.933. The summed E-state index contributed by atoms with van der Waals surface area (Å²) in [6.07, 6.45) is 8.80. The van der Waals surface area contributed by atoms with Crippen molar-refractivity contribution >= 4 is 17.6 Å². The lowest BCUT2D eigenvalue weighted by atomic mass is 9.50. The van der Waals surface area contributed by atoms with Crippen molar-refractivity contribution in [1.82, 2.24) is 0 Å². The molecular weight excluding hydrogens is 248 g/mol. The Morgan fingerprint density at radius 3 is 2.17 bits per heavy atom. The largest absolute Gasteiger partial charge is 0.464 e. The van der Waals surface area contributed by atoms with E-state index >= 15 is 0 Å². The van der Waals surface area contributed by atoms with E-state index in [0.29, 0.717) is 18.4 Å². The summed E-state index contributed by atoms with van der Waals surface area (Å²) in [5, 5.41) is -0.459. The first kappa shape index (κ1) is 12.8. The van der Waals surface area contributed by atoms with Crippen LogP contribution in [0.15, 0.2) is 0 Å². The maximum Gasteiger partial charge on any atom is 0.324 e. The molecule has 4 aliphatic carbocycles. The zero-order valence-electron chi connectivity index (χ0n) is 11.2. The van der Waals surface area contributed by atoms with Crippen LogP contribution >= 0.6 is 11.6 Å². The molecule has 4 bridgehead atoms. The van der Waals surface area contributed by atoms with Gasteiger partial charge in [0.2, 0.25) is 0 Å². The molecule has 18 heavy (non-hydrogen) atoms. The van der Waals surface area contributed by atoms with Crippen molar-refractivity contribution < 1.29 is 9.53 Å². The van der Waals surface area contributed by atoms with Gasteiger partial charge >= 0.3 is 5.97 Å². The normalized spacial score (nSPS) is 42.9. The number of halogens is 1. The highest BCUT2D eigenvalue weighted by molar-refractivity contribution is 6.29.